The van der Waals surface area contributed by atoms with Crippen molar-refractivity contribution in [3.8, 4) is 0 Å². The van der Waals surface area contributed by atoms with Crippen LogP contribution in [0.15, 0.2) is 12.3 Å². The molecule has 1 aromatic heterocycles. The molecule has 2 N–H and O–H groups in total. The molecule has 1 rings (SSSR count). The number of hydrogen-bond donors (Lipinski definition) is 1. The van der Waals surface area contributed by atoms with Crippen molar-refractivity contribution in [2.45, 2.75) is 46.5 Å². The summed E-state index contributed by atoms with van der Waals surface area (Å²) in [7, 11) is 2.11. The molecule has 0 amide bonds. The minimum Gasteiger partial charge on any atom is -0.405 e. The van der Waals surface area contributed by atoms with Crippen molar-refractivity contribution in [1.29, 1.82) is 0 Å². The zero-order valence-corrected chi connectivity index (χ0v) is 12.2. The van der Waals surface area contributed by atoms with E-state index in [4.69, 9.17) is 5.73 Å². The Labute approximate surface area is 111 Å². The zero-order chi connectivity index (χ0) is 13.5. The van der Waals surface area contributed by atoms with Gasteiger partial charge in [0.15, 0.2) is 0 Å². The van der Waals surface area contributed by atoms with Gasteiger partial charge >= 0.3 is 0 Å². The van der Waals surface area contributed by atoms with E-state index in [0.717, 1.165) is 6.42 Å². The van der Waals surface area contributed by atoms with E-state index in [1.54, 1.807) is 6.20 Å². The smallest absolute Gasteiger partial charge is 0.0458 e. The molecular weight excluding hydrogens is 220 g/mol. The highest BCUT2D eigenvalue weighted by molar-refractivity contribution is 5.62. The van der Waals surface area contributed by atoms with Gasteiger partial charge in [-0.1, -0.05) is 25.8 Å². The number of nitrogens with two attached hydrogens (primary N) is 1. The van der Waals surface area contributed by atoms with Gasteiger partial charge in [-0.15, -0.1) is 0 Å². The molecule has 0 fully saturated rings. The van der Waals surface area contributed by atoms with Crippen LogP contribution in [-0.4, -0.2) is 4.57 Å². The maximum absolute atomic E-state index is 5.57. The highest BCUT2D eigenvalue weighted by Gasteiger charge is 2.13. The summed E-state index contributed by atoms with van der Waals surface area (Å²) >= 11 is 0. The third-order valence-corrected chi connectivity index (χ3v) is 3.48. The SMILES string of the molecule is C/C=C\c1c(C)c(CCCCC)c(/C=C\N)n1C. The number of nitrogens with zero attached hydrogens (tertiary/aromatic N) is 1. The predicted molar refractivity (Wildman–Crippen MR) is 81.3 cm³/mol. The Bertz CT molecular complexity index is 436. The molecular formula is C16H26N2. The summed E-state index contributed by atoms with van der Waals surface area (Å²) in [5.74, 6) is 0. The van der Waals surface area contributed by atoms with Gasteiger partial charge in [-0.25, -0.2) is 0 Å². The van der Waals surface area contributed by atoms with Crippen LogP contribution in [0.4, 0.5) is 0 Å². The summed E-state index contributed by atoms with van der Waals surface area (Å²) in [6.45, 7) is 6.51. The maximum Gasteiger partial charge on any atom is 0.0458 e. The fourth-order valence-electron chi connectivity index (χ4n) is 2.50. The van der Waals surface area contributed by atoms with Crippen LogP contribution < -0.4 is 5.73 Å². The van der Waals surface area contributed by atoms with Crippen LogP contribution >= 0.6 is 0 Å². The lowest BCUT2D eigenvalue weighted by Crippen LogP contribution is -1.96. The van der Waals surface area contributed by atoms with Crippen molar-refractivity contribution in [3.05, 3.63) is 34.8 Å². The summed E-state index contributed by atoms with van der Waals surface area (Å²) in [6, 6.07) is 0. The van der Waals surface area contributed by atoms with Crippen LogP contribution in [0.3, 0.4) is 0 Å². The van der Waals surface area contributed by atoms with Gasteiger partial charge < -0.3 is 10.3 Å². The third kappa shape index (κ3) is 3.06. The van der Waals surface area contributed by atoms with E-state index in [2.05, 4.69) is 44.5 Å². The summed E-state index contributed by atoms with van der Waals surface area (Å²) < 4.78 is 2.24. The average Bonchev–Trinajstić information content (AvgIpc) is 2.57. The van der Waals surface area contributed by atoms with Gasteiger partial charge in [0.2, 0.25) is 0 Å². The van der Waals surface area contributed by atoms with Crippen molar-refractivity contribution < 1.29 is 0 Å². The lowest BCUT2D eigenvalue weighted by atomic mass is 10.0. The van der Waals surface area contributed by atoms with Gasteiger partial charge in [0.05, 0.1) is 0 Å². The van der Waals surface area contributed by atoms with E-state index in [-0.39, 0.29) is 0 Å². The van der Waals surface area contributed by atoms with Crippen molar-refractivity contribution in [2.75, 3.05) is 0 Å². The van der Waals surface area contributed by atoms with E-state index in [1.165, 1.54) is 41.8 Å². The molecule has 0 aliphatic rings. The molecule has 0 saturated carbocycles. The molecule has 0 bridgehead atoms. The zero-order valence-electron chi connectivity index (χ0n) is 12.2. The van der Waals surface area contributed by atoms with Gasteiger partial charge in [0.25, 0.3) is 0 Å². The molecule has 100 valence electrons. The normalized spacial score (nSPS) is 12.0. The van der Waals surface area contributed by atoms with E-state index >= 15 is 0 Å². The largest absolute Gasteiger partial charge is 0.405 e. The van der Waals surface area contributed by atoms with Crippen LogP contribution in [0.1, 0.15) is 55.6 Å². The first-order valence-electron chi connectivity index (χ1n) is 6.86. The molecule has 0 aromatic carbocycles. The summed E-state index contributed by atoms with van der Waals surface area (Å²) in [4.78, 5) is 0. The Morgan fingerprint density at radius 3 is 2.44 bits per heavy atom. The van der Waals surface area contributed by atoms with Crippen molar-refractivity contribution in [1.82, 2.24) is 4.57 Å². The van der Waals surface area contributed by atoms with Crippen molar-refractivity contribution >= 4 is 12.2 Å². The standard InChI is InChI=1S/C16H26N2/c1-5-7-8-10-14-13(3)15(9-6-2)18(4)16(14)11-12-17/h6,9,11-12H,5,7-8,10,17H2,1-4H3/b9-6-,12-11-. The molecule has 0 aliphatic heterocycles. The number of unbranched alkanes of at least 4 members (excludes halogenated alkanes) is 2. The average molecular weight is 246 g/mol. The minimum absolute atomic E-state index is 1.14. The van der Waals surface area contributed by atoms with E-state index in [0.29, 0.717) is 0 Å². The number of rotatable bonds is 6. The lowest BCUT2D eigenvalue weighted by Gasteiger charge is -2.03. The molecule has 0 radical (unpaired) electrons. The molecule has 1 aromatic rings. The second-order valence-electron chi connectivity index (χ2n) is 4.75. The molecule has 0 unspecified atom stereocenters. The second-order valence-corrected chi connectivity index (χ2v) is 4.75. The molecule has 2 nitrogen and oxygen atoms in total. The first-order valence-corrected chi connectivity index (χ1v) is 6.86. The quantitative estimate of drug-likeness (QED) is 0.755. The second kappa shape index (κ2) is 7.10. The van der Waals surface area contributed by atoms with E-state index < -0.39 is 0 Å². The van der Waals surface area contributed by atoms with Crippen LogP contribution in [0.25, 0.3) is 12.2 Å². The first-order chi connectivity index (χ1) is 8.67. The van der Waals surface area contributed by atoms with E-state index in [9.17, 15) is 0 Å². The van der Waals surface area contributed by atoms with Crippen LogP contribution in [0, 0.1) is 6.92 Å². The maximum atomic E-state index is 5.57. The van der Waals surface area contributed by atoms with Gasteiger partial charge in [0.1, 0.15) is 0 Å². The molecule has 0 aliphatic carbocycles. The molecule has 0 atom stereocenters. The fraction of sp³-hybridized carbons (Fsp3) is 0.500. The van der Waals surface area contributed by atoms with E-state index in [1.807, 2.05) is 6.08 Å². The molecule has 18 heavy (non-hydrogen) atoms. The van der Waals surface area contributed by atoms with Crippen LogP contribution in [-0.2, 0) is 13.5 Å². The van der Waals surface area contributed by atoms with Crippen LogP contribution in [0.5, 0.6) is 0 Å². The van der Waals surface area contributed by atoms with Gasteiger partial charge in [-0.05, 0) is 56.2 Å². The summed E-state index contributed by atoms with van der Waals surface area (Å²) in [6.07, 6.45) is 12.9. The Morgan fingerprint density at radius 1 is 1.17 bits per heavy atom. The van der Waals surface area contributed by atoms with Gasteiger partial charge in [-0.3, -0.25) is 0 Å². The highest BCUT2D eigenvalue weighted by atomic mass is 15.0. The Balaban J connectivity index is 3.16. The number of aromatic nitrogens is 1. The Hall–Kier alpha value is -1.44. The van der Waals surface area contributed by atoms with Crippen molar-refractivity contribution in [3.63, 3.8) is 0 Å². The third-order valence-electron chi connectivity index (χ3n) is 3.48. The number of hydrogen-bond acceptors (Lipinski definition) is 1. The van der Waals surface area contributed by atoms with Gasteiger partial charge in [0, 0.05) is 18.4 Å². The summed E-state index contributed by atoms with van der Waals surface area (Å²) in [5.41, 5.74) is 10.9. The van der Waals surface area contributed by atoms with Crippen molar-refractivity contribution in [2.24, 2.45) is 12.8 Å². The lowest BCUT2D eigenvalue weighted by molar-refractivity contribution is 0.714. The molecule has 0 saturated heterocycles. The summed E-state index contributed by atoms with van der Waals surface area (Å²) in [5, 5.41) is 0. The molecule has 2 heteroatoms. The Morgan fingerprint density at radius 2 is 1.89 bits per heavy atom. The fourth-order valence-corrected chi connectivity index (χ4v) is 2.50. The minimum atomic E-state index is 1.14. The molecule has 1 heterocycles. The topological polar surface area (TPSA) is 30.9 Å². The highest BCUT2D eigenvalue weighted by Crippen LogP contribution is 2.25. The monoisotopic (exact) mass is 246 g/mol. The van der Waals surface area contributed by atoms with Crippen LogP contribution in [0.2, 0.25) is 0 Å². The molecule has 0 spiro atoms. The Kier molecular flexibility index (Phi) is 5.76. The predicted octanol–water partition coefficient (Wildman–Crippen LogP) is 4.03. The number of allylic oxidation sites excluding steroid dienone is 1. The first kappa shape index (κ1) is 14.6. The van der Waals surface area contributed by atoms with Gasteiger partial charge in [-0.2, -0.15) is 0 Å².